The lowest BCUT2D eigenvalue weighted by atomic mass is 10.1. The van der Waals surface area contributed by atoms with E-state index in [-0.39, 0.29) is 30.2 Å². The van der Waals surface area contributed by atoms with Gasteiger partial charge in [-0.3, -0.25) is 14.2 Å². The van der Waals surface area contributed by atoms with Crippen LogP contribution >= 0.6 is 0 Å². The maximum Gasteiger partial charge on any atom is 0.261 e. The van der Waals surface area contributed by atoms with E-state index in [2.05, 4.69) is 10.3 Å². The van der Waals surface area contributed by atoms with E-state index in [1.54, 1.807) is 6.07 Å². The summed E-state index contributed by atoms with van der Waals surface area (Å²) in [6.45, 7) is 7.68. The molecule has 0 aliphatic carbocycles. The van der Waals surface area contributed by atoms with Crippen molar-refractivity contribution in [1.29, 1.82) is 0 Å². The maximum absolute atomic E-state index is 12.6. The molecule has 6 heteroatoms. The van der Waals surface area contributed by atoms with Crippen molar-refractivity contribution in [3.05, 3.63) is 70.3 Å². The van der Waals surface area contributed by atoms with Crippen molar-refractivity contribution in [2.75, 3.05) is 0 Å². The van der Waals surface area contributed by atoms with Crippen LogP contribution in [0.5, 0.6) is 5.75 Å². The second-order valence-electron chi connectivity index (χ2n) is 7.17. The van der Waals surface area contributed by atoms with Crippen molar-refractivity contribution < 1.29 is 9.53 Å². The lowest BCUT2D eigenvalue weighted by Crippen LogP contribution is -2.34. The number of aryl methyl sites for hydroxylation is 1. The standard InChI is InChI=1S/C22H25N3O3/c1-14(2)28-18-10-8-17(9-11-18)16(4)24-20(26)12-25-13-23-21-15(3)6-5-7-19(21)22(25)27/h5-11,13-14,16H,12H2,1-4H3,(H,24,26). The summed E-state index contributed by atoms with van der Waals surface area (Å²) >= 11 is 0. The molecule has 0 saturated carbocycles. The molecule has 1 unspecified atom stereocenters. The third-order valence-electron chi connectivity index (χ3n) is 4.50. The second-order valence-corrected chi connectivity index (χ2v) is 7.17. The number of nitrogens with zero attached hydrogens (tertiary/aromatic N) is 2. The Labute approximate surface area is 164 Å². The molecule has 1 heterocycles. The Balaban J connectivity index is 1.69. The average molecular weight is 379 g/mol. The summed E-state index contributed by atoms with van der Waals surface area (Å²) in [6, 6.07) is 12.9. The number of para-hydroxylation sites is 1. The Morgan fingerprint density at radius 2 is 1.86 bits per heavy atom. The summed E-state index contributed by atoms with van der Waals surface area (Å²) in [4.78, 5) is 29.4. The quantitative estimate of drug-likeness (QED) is 0.713. The van der Waals surface area contributed by atoms with Gasteiger partial charge in [-0.2, -0.15) is 0 Å². The summed E-state index contributed by atoms with van der Waals surface area (Å²) in [5, 5.41) is 3.44. The van der Waals surface area contributed by atoms with Crippen LogP contribution in [0, 0.1) is 6.92 Å². The van der Waals surface area contributed by atoms with Gasteiger partial charge in [0.1, 0.15) is 12.3 Å². The molecule has 3 aromatic rings. The number of ether oxygens (including phenoxy) is 1. The summed E-state index contributed by atoms with van der Waals surface area (Å²) in [5.74, 6) is 0.548. The van der Waals surface area contributed by atoms with E-state index in [9.17, 15) is 9.59 Å². The molecule has 1 aromatic heterocycles. The number of aromatic nitrogens is 2. The summed E-state index contributed by atoms with van der Waals surface area (Å²) in [5.41, 5.74) is 2.35. The van der Waals surface area contributed by atoms with Gasteiger partial charge in [0, 0.05) is 0 Å². The van der Waals surface area contributed by atoms with Gasteiger partial charge >= 0.3 is 0 Å². The molecule has 0 fully saturated rings. The molecule has 0 bridgehead atoms. The van der Waals surface area contributed by atoms with Crippen molar-refractivity contribution in [3.8, 4) is 5.75 Å². The molecule has 3 rings (SSSR count). The normalized spacial score (nSPS) is 12.2. The molecular formula is C22H25N3O3. The topological polar surface area (TPSA) is 73.2 Å². The van der Waals surface area contributed by atoms with E-state index in [1.807, 2.05) is 64.1 Å². The summed E-state index contributed by atoms with van der Waals surface area (Å²) in [7, 11) is 0. The number of rotatable bonds is 6. The van der Waals surface area contributed by atoms with E-state index in [0.717, 1.165) is 16.9 Å². The van der Waals surface area contributed by atoms with E-state index in [1.165, 1.54) is 10.9 Å². The zero-order chi connectivity index (χ0) is 20.3. The zero-order valence-corrected chi connectivity index (χ0v) is 16.6. The fourth-order valence-electron chi connectivity index (χ4n) is 3.08. The molecule has 2 aromatic carbocycles. The van der Waals surface area contributed by atoms with Crippen LogP contribution in [0.3, 0.4) is 0 Å². The first-order valence-corrected chi connectivity index (χ1v) is 9.36. The fourth-order valence-corrected chi connectivity index (χ4v) is 3.08. The van der Waals surface area contributed by atoms with Crippen molar-refractivity contribution in [1.82, 2.24) is 14.9 Å². The minimum Gasteiger partial charge on any atom is -0.491 e. The van der Waals surface area contributed by atoms with Crippen LogP contribution in [0.15, 0.2) is 53.6 Å². The number of amides is 1. The lowest BCUT2D eigenvalue weighted by Gasteiger charge is -2.16. The Morgan fingerprint density at radius 3 is 2.54 bits per heavy atom. The number of hydrogen-bond donors (Lipinski definition) is 1. The summed E-state index contributed by atoms with van der Waals surface area (Å²) in [6.07, 6.45) is 1.54. The summed E-state index contributed by atoms with van der Waals surface area (Å²) < 4.78 is 6.97. The van der Waals surface area contributed by atoms with Gasteiger partial charge in [-0.25, -0.2) is 4.98 Å². The monoisotopic (exact) mass is 379 g/mol. The average Bonchev–Trinajstić information content (AvgIpc) is 2.64. The minimum absolute atomic E-state index is 0.0748. The van der Waals surface area contributed by atoms with Gasteiger partial charge in [-0.1, -0.05) is 24.3 Å². The van der Waals surface area contributed by atoms with Gasteiger partial charge < -0.3 is 10.1 Å². The van der Waals surface area contributed by atoms with Gasteiger partial charge in [-0.15, -0.1) is 0 Å². The van der Waals surface area contributed by atoms with Gasteiger partial charge in [-0.05, 0) is 57.0 Å². The van der Waals surface area contributed by atoms with E-state index >= 15 is 0 Å². The molecule has 146 valence electrons. The SMILES string of the molecule is Cc1cccc2c(=O)n(CC(=O)NC(C)c3ccc(OC(C)C)cc3)cnc12. The lowest BCUT2D eigenvalue weighted by molar-refractivity contribution is -0.122. The van der Waals surface area contributed by atoms with Crippen LogP contribution in [-0.2, 0) is 11.3 Å². The predicted molar refractivity (Wildman–Crippen MR) is 110 cm³/mol. The minimum atomic E-state index is -0.245. The molecule has 0 spiro atoms. The third kappa shape index (κ3) is 4.39. The molecule has 0 radical (unpaired) electrons. The molecule has 0 saturated heterocycles. The number of fused-ring (bicyclic) bond motifs is 1. The molecular weight excluding hydrogens is 354 g/mol. The highest BCUT2D eigenvalue weighted by Gasteiger charge is 2.13. The predicted octanol–water partition coefficient (Wildman–Crippen LogP) is 3.37. The Hall–Kier alpha value is -3.15. The molecule has 6 nitrogen and oxygen atoms in total. The number of hydrogen-bond acceptors (Lipinski definition) is 4. The van der Waals surface area contributed by atoms with Crippen molar-refractivity contribution in [2.45, 2.75) is 46.4 Å². The van der Waals surface area contributed by atoms with Crippen LogP contribution in [0.4, 0.5) is 0 Å². The fraction of sp³-hybridized carbons (Fsp3) is 0.318. The smallest absolute Gasteiger partial charge is 0.261 e. The Bertz CT molecular complexity index is 1040. The van der Waals surface area contributed by atoms with Gasteiger partial charge in [0.25, 0.3) is 5.56 Å². The molecule has 1 atom stereocenters. The first kappa shape index (κ1) is 19.6. The van der Waals surface area contributed by atoms with Crippen LogP contribution in [-0.4, -0.2) is 21.6 Å². The van der Waals surface area contributed by atoms with Crippen LogP contribution in [0.25, 0.3) is 10.9 Å². The highest BCUT2D eigenvalue weighted by molar-refractivity contribution is 5.81. The highest BCUT2D eigenvalue weighted by Crippen LogP contribution is 2.18. The van der Waals surface area contributed by atoms with Crippen LogP contribution < -0.4 is 15.6 Å². The largest absolute Gasteiger partial charge is 0.491 e. The van der Waals surface area contributed by atoms with Crippen LogP contribution in [0.1, 0.15) is 37.9 Å². The number of carbonyl (C=O) groups excluding carboxylic acids is 1. The van der Waals surface area contributed by atoms with Crippen molar-refractivity contribution in [3.63, 3.8) is 0 Å². The molecule has 1 amide bonds. The van der Waals surface area contributed by atoms with Gasteiger partial charge in [0.15, 0.2) is 0 Å². The molecule has 0 aliphatic rings. The molecule has 1 N–H and O–H groups in total. The van der Waals surface area contributed by atoms with E-state index in [0.29, 0.717) is 10.9 Å². The number of nitrogens with one attached hydrogen (secondary N) is 1. The number of benzene rings is 2. The highest BCUT2D eigenvalue weighted by atomic mass is 16.5. The van der Waals surface area contributed by atoms with E-state index in [4.69, 9.17) is 4.74 Å². The first-order valence-electron chi connectivity index (χ1n) is 9.36. The molecule has 28 heavy (non-hydrogen) atoms. The maximum atomic E-state index is 12.6. The number of carbonyl (C=O) groups is 1. The Kier molecular flexibility index (Phi) is 5.78. The van der Waals surface area contributed by atoms with E-state index < -0.39 is 0 Å². The van der Waals surface area contributed by atoms with Gasteiger partial charge in [0.2, 0.25) is 5.91 Å². The van der Waals surface area contributed by atoms with Crippen LogP contribution in [0.2, 0.25) is 0 Å². The third-order valence-corrected chi connectivity index (χ3v) is 4.50. The first-order chi connectivity index (χ1) is 13.3. The zero-order valence-electron chi connectivity index (χ0n) is 16.6. The van der Waals surface area contributed by atoms with Gasteiger partial charge in [0.05, 0.1) is 29.4 Å². The second kappa shape index (κ2) is 8.25. The Morgan fingerprint density at radius 1 is 1.14 bits per heavy atom. The molecule has 0 aliphatic heterocycles. The van der Waals surface area contributed by atoms with Crippen molar-refractivity contribution >= 4 is 16.8 Å². The van der Waals surface area contributed by atoms with Crippen molar-refractivity contribution in [2.24, 2.45) is 0 Å².